The van der Waals surface area contributed by atoms with Crippen molar-refractivity contribution in [3.8, 4) is 0 Å². The second-order valence-corrected chi connectivity index (χ2v) is 6.68. The first kappa shape index (κ1) is 18.1. The number of benzene rings is 2. The molecular weight excluding hydrogens is 389 g/mol. The number of anilines is 2. The minimum atomic E-state index is -1.03. The molecule has 2 atom stereocenters. The van der Waals surface area contributed by atoms with Crippen molar-refractivity contribution in [3.63, 3.8) is 0 Å². The molecule has 0 spiro atoms. The van der Waals surface area contributed by atoms with Crippen LogP contribution in [0.2, 0.25) is 5.02 Å². The van der Waals surface area contributed by atoms with Crippen LogP contribution in [0.1, 0.15) is 0 Å². The van der Waals surface area contributed by atoms with Crippen LogP contribution in [0.3, 0.4) is 0 Å². The van der Waals surface area contributed by atoms with Crippen LogP contribution in [0.15, 0.2) is 58.9 Å². The SMILES string of the molecule is O=C(CN1N=N[C@H]2C(=O)N(c3ccc(F)cc3)C(=O)[C@H]21)Nc1cccc(Cl)c1. The molecule has 0 saturated carbocycles. The zero-order valence-corrected chi connectivity index (χ0v) is 15.0. The summed E-state index contributed by atoms with van der Waals surface area (Å²) in [6.45, 7) is -0.270. The standard InChI is InChI=1S/C18H13ClFN5O3/c19-10-2-1-3-12(8-10)21-14(26)9-24-16-15(22-23-24)17(27)25(18(16)28)13-6-4-11(20)5-7-13/h1-8,15-16H,9H2,(H,21,26)/t15-,16+/m1/s1. The van der Waals surface area contributed by atoms with E-state index < -0.39 is 35.6 Å². The van der Waals surface area contributed by atoms with Crippen molar-refractivity contribution in [2.24, 2.45) is 10.3 Å². The van der Waals surface area contributed by atoms with E-state index in [2.05, 4.69) is 15.7 Å². The number of amides is 3. The van der Waals surface area contributed by atoms with Gasteiger partial charge in [0.15, 0.2) is 12.1 Å². The van der Waals surface area contributed by atoms with E-state index >= 15 is 0 Å². The highest BCUT2D eigenvalue weighted by molar-refractivity contribution is 6.31. The van der Waals surface area contributed by atoms with E-state index in [-0.39, 0.29) is 12.2 Å². The van der Waals surface area contributed by atoms with Gasteiger partial charge < -0.3 is 5.32 Å². The van der Waals surface area contributed by atoms with Gasteiger partial charge in [0.05, 0.1) is 5.69 Å². The van der Waals surface area contributed by atoms with Gasteiger partial charge in [-0.25, -0.2) is 9.29 Å². The van der Waals surface area contributed by atoms with Crippen LogP contribution < -0.4 is 10.2 Å². The molecule has 1 fully saturated rings. The zero-order valence-electron chi connectivity index (χ0n) is 14.3. The largest absolute Gasteiger partial charge is 0.324 e. The van der Waals surface area contributed by atoms with Gasteiger partial charge in [-0.1, -0.05) is 22.9 Å². The number of rotatable bonds is 4. The fraction of sp³-hybridized carbons (Fsp3) is 0.167. The predicted molar refractivity (Wildman–Crippen MR) is 98.1 cm³/mol. The smallest absolute Gasteiger partial charge is 0.263 e. The molecule has 4 rings (SSSR count). The van der Waals surface area contributed by atoms with E-state index in [1.807, 2.05) is 0 Å². The van der Waals surface area contributed by atoms with E-state index in [0.29, 0.717) is 10.7 Å². The molecule has 2 aliphatic rings. The Labute approximate surface area is 163 Å². The molecule has 1 saturated heterocycles. The molecule has 2 heterocycles. The molecular formula is C18H13ClFN5O3. The Kier molecular flexibility index (Phi) is 4.52. The summed E-state index contributed by atoms with van der Waals surface area (Å²) in [4.78, 5) is 38.6. The molecule has 1 N–H and O–H groups in total. The summed E-state index contributed by atoms with van der Waals surface area (Å²) in [7, 11) is 0. The fourth-order valence-corrected chi connectivity index (χ4v) is 3.30. The average molecular weight is 402 g/mol. The Morgan fingerprint density at radius 2 is 1.89 bits per heavy atom. The molecule has 3 amide bonds. The third-order valence-electron chi connectivity index (χ3n) is 4.36. The van der Waals surface area contributed by atoms with Gasteiger partial charge in [-0.15, -0.1) is 0 Å². The first-order chi connectivity index (χ1) is 13.4. The predicted octanol–water partition coefficient (Wildman–Crippen LogP) is 2.41. The topological polar surface area (TPSA) is 94.4 Å². The van der Waals surface area contributed by atoms with Crippen LogP contribution >= 0.6 is 11.6 Å². The van der Waals surface area contributed by atoms with Crippen molar-refractivity contribution in [2.75, 3.05) is 16.8 Å². The molecule has 142 valence electrons. The maximum atomic E-state index is 13.1. The van der Waals surface area contributed by atoms with Crippen LogP contribution in [-0.4, -0.2) is 41.4 Å². The lowest BCUT2D eigenvalue weighted by molar-refractivity contribution is -0.123. The van der Waals surface area contributed by atoms with E-state index in [1.165, 1.54) is 17.1 Å². The van der Waals surface area contributed by atoms with Gasteiger partial charge in [0.25, 0.3) is 11.8 Å². The Hall–Kier alpha value is -3.33. The number of carbonyl (C=O) groups is 3. The molecule has 10 heteroatoms. The second-order valence-electron chi connectivity index (χ2n) is 6.24. The number of hydrogen-bond donors (Lipinski definition) is 1. The molecule has 2 aliphatic heterocycles. The summed E-state index contributed by atoms with van der Waals surface area (Å²) in [6.07, 6.45) is 0. The highest BCUT2D eigenvalue weighted by atomic mass is 35.5. The minimum Gasteiger partial charge on any atom is -0.324 e. The summed E-state index contributed by atoms with van der Waals surface area (Å²) in [5.41, 5.74) is 0.733. The number of halogens is 2. The summed E-state index contributed by atoms with van der Waals surface area (Å²) < 4.78 is 13.1. The molecule has 0 bridgehead atoms. The van der Waals surface area contributed by atoms with Gasteiger partial charge in [-0.2, -0.15) is 5.11 Å². The molecule has 2 aromatic carbocycles. The van der Waals surface area contributed by atoms with Crippen molar-refractivity contribution in [2.45, 2.75) is 12.1 Å². The summed E-state index contributed by atoms with van der Waals surface area (Å²) in [5.74, 6) is -2.06. The van der Waals surface area contributed by atoms with Gasteiger partial charge in [0.1, 0.15) is 12.4 Å². The first-order valence-electron chi connectivity index (χ1n) is 8.30. The van der Waals surface area contributed by atoms with Gasteiger partial charge in [0, 0.05) is 10.7 Å². The Bertz CT molecular complexity index is 997. The van der Waals surface area contributed by atoms with Crippen LogP contribution in [0.5, 0.6) is 0 Å². The molecule has 0 unspecified atom stereocenters. The molecule has 0 aromatic heterocycles. The van der Waals surface area contributed by atoms with Crippen LogP contribution in [0.4, 0.5) is 15.8 Å². The summed E-state index contributed by atoms with van der Waals surface area (Å²) in [6, 6.07) is 9.53. The molecule has 0 radical (unpaired) electrons. The molecule has 8 nitrogen and oxygen atoms in total. The molecule has 28 heavy (non-hydrogen) atoms. The van der Waals surface area contributed by atoms with Crippen LogP contribution in [0, 0.1) is 5.82 Å². The number of nitrogens with one attached hydrogen (secondary N) is 1. The van der Waals surface area contributed by atoms with Crippen molar-refractivity contribution in [1.82, 2.24) is 5.01 Å². The van der Waals surface area contributed by atoms with Crippen molar-refractivity contribution in [3.05, 3.63) is 59.4 Å². The first-order valence-corrected chi connectivity index (χ1v) is 8.68. The highest BCUT2D eigenvalue weighted by Gasteiger charge is 2.55. The monoisotopic (exact) mass is 401 g/mol. The molecule has 2 aromatic rings. The van der Waals surface area contributed by atoms with Crippen molar-refractivity contribution >= 4 is 40.7 Å². The van der Waals surface area contributed by atoms with Crippen LogP contribution in [-0.2, 0) is 14.4 Å². The van der Waals surface area contributed by atoms with E-state index in [9.17, 15) is 18.8 Å². The quantitative estimate of drug-likeness (QED) is 0.796. The third kappa shape index (κ3) is 3.20. The van der Waals surface area contributed by atoms with Gasteiger partial charge in [-0.05, 0) is 42.5 Å². The lowest BCUT2D eigenvalue weighted by Gasteiger charge is -2.20. The van der Waals surface area contributed by atoms with Gasteiger partial charge >= 0.3 is 0 Å². The summed E-state index contributed by atoms with van der Waals surface area (Å²) in [5, 5.41) is 11.9. The van der Waals surface area contributed by atoms with E-state index in [4.69, 9.17) is 11.6 Å². The molecule has 0 aliphatic carbocycles. The Morgan fingerprint density at radius 3 is 2.61 bits per heavy atom. The highest BCUT2D eigenvalue weighted by Crippen LogP contribution is 2.31. The lowest BCUT2D eigenvalue weighted by Crippen LogP contribution is -2.43. The van der Waals surface area contributed by atoms with Crippen LogP contribution in [0.25, 0.3) is 0 Å². The fourth-order valence-electron chi connectivity index (χ4n) is 3.11. The van der Waals surface area contributed by atoms with E-state index in [0.717, 1.165) is 17.0 Å². The number of nitrogens with zero attached hydrogens (tertiary/aromatic N) is 4. The lowest BCUT2D eigenvalue weighted by atomic mass is 10.1. The Balaban J connectivity index is 1.48. The van der Waals surface area contributed by atoms with E-state index in [1.54, 1.807) is 24.3 Å². The van der Waals surface area contributed by atoms with Crippen molar-refractivity contribution in [1.29, 1.82) is 0 Å². The maximum absolute atomic E-state index is 13.1. The number of fused-ring (bicyclic) bond motifs is 1. The van der Waals surface area contributed by atoms with Gasteiger partial charge in [0.2, 0.25) is 5.91 Å². The number of carbonyl (C=O) groups excluding carboxylic acids is 3. The minimum absolute atomic E-state index is 0.240. The summed E-state index contributed by atoms with van der Waals surface area (Å²) >= 11 is 5.88. The van der Waals surface area contributed by atoms with Crippen molar-refractivity contribution < 1.29 is 18.8 Å². The number of hydrogen-bond acceptors (Lipinski definition) is 6. The average Bonchev–Trinajstić information content (AvgIpc) is 3.16. The maximum Gasteiger partial charge on any atom is 0.263 e. The number of imide groups is 1. The third-order valence-corrected chi connectivity index (χ3v) is 4.59. The Morgan fingerprint density at radius 1 is 1.14 bits per heavy atom. The normalized spacial score (nSPS) is 20.6. The zero-order chi connectivity index (χ0) is 19.8. The van der Waals surface area contributed by atoms with Gasteiger partial charge in [-0.3, -0.25) is 19.4 Å². The second kappa shape index (κ2) is 7.01.